The third-order valence-electron chi connectivity index (χ3n) is 3.40. The molecule has 1 aliphatic rings. The second-order valence-electron chi connectivity index (χ2n) is 4.74. The van der Waals surface area contributed by atoms with Crippen LogP contribution in [0.1, 0.15) is 5.69 Å². The van der Waals surface area contributed by atoms with Crippen molar-refractivity contribution >= 4 is 40.8 Å². The molecule has 7 heteroatoms. The Morgan fingerprint density at radius 3 is 3.10 bits per heavy atom. The number of hydrogen-bond acceptors (Lipinski definition) is 3. The van der Waals surface area contributed by atoms with E-state index in [4.69, 9.17) is 11.6 Å². The summed E-state index contributed by atoms with van der Waals surface area (Å²) in [4.78, 5) is 12.0. The molecule has 1 aromatic carbocycles. The monoisotopic (exact) mass is 326 g/mol. The highest BCUT2D eigenvalue weighted by molar-refractivity contribution is 6.35. The van der Waals surface area contributed by atoms with Crippen molar-refractivity contribution in [1.82, 2.24) is 20.4 Å². The molecule has 1 unspecified atom stereocenters. The van der Waals surface area contributed by atoms with Gasteiger partial charge in [0, 0.05) is 19.0 Å². The number of benzene rings is 1. The zero-order valence-corrected chi connectivity index (χ0v) is 13.0. The van der Waals surface area contributed by atoms with E-state index in [1.807, 2.05) is 37.4 Å². The van der Waals surface area contributed by atoms with Crippen molar-refractivity contribution in [3.8, 4) is 0 Å². The predicted octanol–water partition coefficient (Wildman–Crippen LogP) is 1.79. The van der Waals surface area contributed by atoms with Gasteiger partial charge in [-0.15, -0.1) is 12.4 Å². The summed E-state index contributed by atoms with van der Waals surface area (Å²) in [6, 6.07) is 5.43. The molecule has 3 rings (SSSR count). The SMILES string of the molecule is Cl.Cn1nc(CNC(=O)C2C=CCN2)c2c(Cl)cccc21. The largest absolute Gasteiger partial charge is 0.349 e. The Hall–Kier alpha value is -1.56. The molecule has 2 N–H and O–H groups in total. The number of rotatable bonds is 3. The fourth-order valence-corrected chi connectivity index (χ4v) is 2.68. The number of nitrogens with one attached hydrogen (secondary N) is 2. The van der Waals surface area contributed by atoms with E-state index in [9.17, 15) is 4.79 Å². The lowest BCUT2D eigenvalue weighted by molar-refractivity contribution is -0.122. The van der Waals surface area contributed by atoms with Crippen LogP contribution in [0.25, 0.3) is 10.9 Å². The standard InChI is InChI=1S/C14H15ClN4O.ClH/c1-19-12-6-2-4-9(15)13(12)11(18-19)8-17-14(20)10-5-3-7-16-10;/h2-6,10,16H,7-8H2,1H3,(H,17,20);1H. The molecule has 1 aromatic heterocycles. The molecule has 0 bridgehead atoms. The summed E-state index contributed by atoms with van der Waals surface area (Å²) in [6.45, 7) is 1.10. The Morgan fingerprint density at radius 2 is 2.38 bits per heavy atom. The van der Waals surface area contributed by atoms with Crippen LogP contribution in [0, 0.1) is 0 Å². The third-order valence-corrected chi connectivity index (χ3v) is 3.71. The smallest absolute Gasteiger partial charge is 0.241 e. The first-order valence-corrected chi connectivity index (χ1v) is 6.82. The zero-order valence-electron chi connectivity index (χ0n) is 11.5. The summed E-state index contributed by atoms with van der Waals surface area (Å²) >= 11 is 6.23. The van der Waals surface area contributed by atoms with E-state index in [2.05, 4.69) is 15.7 Å². The third kappa shape index (κ3) is 3.05. The number of nitrogens with zero attached hydrogens (tertiary/aromatic N) is 2. The van der Waals surface area contributed by atoms with Crippen LogP contribution in [-0.4, -0.2) is 28.3 Å². The van der Waals surface area contributed by atoms with E-state index < -0.39 is 0 Å². The van der Waals surface area contributed by atoms with E-state index in [-0.39, 0.29) is 24.4 Å². The predicted molar refractivity (Wildman–Crippen MR) is 85.7 cm³/mol. The number of halogens is 2. The van der Waals surface area contributed by atoms with Crippen molar-refractivity contribution in [2.75, 3.05) is 6.54 Å². The molecule has 21 heavy (non-hydrogen) atoms. The van der Waals surface area contributed by atoms with Crippen molar-refractivity contribution in [3.63, 3.8) is 0 Å². The number of fused-ring (bicyclic) bond motifs is 1. The van der Waals surface area contributed by atoms with Crippen molar-refractivity contribution in [2.24, 2.45) is 7.05 Å². The fourth-order valence-electron chi connectivity index (χ4n) is 2.40. The van der Waals surface area contributed by atoms with Crippen LogP contribution in [0.4, 0.5) is 0 Å². The van der Waals surface area contributed by atoms with Gasteiger partial charge < -0.3 is 5.32 Å². The Bertz CT molecular complexity index is 696. The summed E-state index contributed by atoms with van der Waals surface area (Å²) in [7, 11) is 1.87. The molecule has 112 valence electrons. The van der Waals surface area contributed by atoms with Gasteiger partial charge in [-0.1, -0.05) is 29.8 Å². The number of carbonyl (C=O) groups excluding carboxylic acids is 1. The number of carbonyl (C=O) groups is 1. The van der Waals surface area contributed by atoms with Gasteiger partial charge in [0.15, 0.2) is 0 Å². The highest BCUT2D eigenvalue weighted by Crippen LogP contribution is 2.26. The van der Waals surface area contributed by atoms with Gasteiger partial charge in [-0.05, 0) is 12.1 Å². The lowest BCUT2D eigenvalue weighted by Crippen LogP contribution is -2.40. The lowest BCUT2D eigenvalue weighted by Gasteiger charge is -2.09. The Kier molecular flexibility index (Phi) is 4.88. The summed E-state index contributed by atoms with van der Waals surface area (Å²) in [5.74, 6) is -0.0513. The molecule has 0 spiro atoms. The minimum atomic E-state index is -0.250. The topological polar surface area (TPSA) is 59.0 Å². The van der Waals surface area contributed by atoms with Gasteiger partial charge in [0.25, 0.3) is 0 Å². The summed E-state index contributed by atoms with van der Waals surface area (Å²) in [5.41, 5.74) is 1.74. The first-order valence-electron chi connectivity index (χ1n) is 6.44. The molecule has 1 aliphatic heterocycles. The van der Waals surface area contributed by atoms with Crippen molar-refractivity contribution in [3.05, 3.63) is 41.1 Å². The molecule has 1 atom stereocenters. The van der Waals surface area contributed by atoms with Crippen LogP contribution in [0.2, 0.25) is 5.02 Å². The van der Waals surface area contributed by atoms with Gasteiger partial charge in [-0.25, -0.2) is 0 Å². The molecular weight excluding hydrogens is 311 g/mol. The van der Waals surface area contributed by atoms with Gasteiger partial charge in [0.1, 0.15) is 6.04 Å². The van der Waals surface area contributed by atoms with Crippen LogP contribution in [0.15, 0.2) is 30.4 Å². The second-order valence-corrected chi connectivity index (χ2v) is 5.14. The van der Waals surface area contributed by atoms with E-state index in [0.717, 1.165) is 23.1 Å². The summed E-state index contributed by atoms with van der Waals surface area (Å²) in [6.07, 6.45) is 3.80. The van der Waals surface area contributed by atoms with Crippen LogP contribution in [0.5, 0.6) is 0 Å². The molecule has 0 saturated carbocycles. The summed E-state index contributed by atoms with van der Waals surface area (Å²) < 4.78 is 1.77. The quantitative estimate of drug-likeness (QED) is 0.845. The average molecular weight is 327 g/mol. The molecule has 0 fully saturated rings. The normalized spacial score (nSPS) is 17.0. The summed E-state index contributed by atoms with van der Waals surface area (Å²) in [5, 5.41) is 11.9. The minimum Gasteiger partial charge on any atom is -0.349 e. The maximum Gasteiger partial charge on any atom is 0.241 e. The van der Waals surface area contributed by atoms with Crippen LogP contribution < -0.4 is 10.6 Å². The molecule has 2 heterocycles. The van der Waals surface area contributed by atoms with Crippen LogP contribution >= 0.6 is 24.0 Å². The van der Waals surface area contributed by atoms with Crippen LogP contribution in [-0.2, 0) is 18.4 Å². The van der Waals surface area contributed by atoms with Gasteiger partial charge in [-0.2, -0.15) is 5.10 Å². The number of aryl methyl sites for hydroxylation is 1. The average Bonchev–Trinajstić information content (AvgIpc) is 3.06. The molecule has 1 amide bonds. The highest BCUT2D eigenvalue weighted by Gasteiger charge is 2.18. The molecule has 0 saturated heterocycles. The number of amides is 1. The molecular formula is C14H16Cl2N4O. The van der Waals surface area contributed by atoms with E-state index in [1.54, 1.807) is 4.68 Å². The molecule has 5 nitrogen and oxygen atoms in total. The molecule has 0 radical (unpaired) electrons. The van der Waals surface area contributed by atoms with Crippen molar-refractivity contribution in [1.29, 1.82) is 0 Å². The Balaban J connectivity index is 0.00000161. The van der Waals surface area contributed by atoms with Crippen molar-refractivity contribution in [2.45, 2.75) is 12.6 Å². The fraction of sp³-hybridized carbons (Fsp3) is 0.286. The zero-order chi connectivity index (χ0) is 14.1. The first kappa shape index (κ1) is 15.8. The van der Waals surface area contributed by atoms with Gasteiger partial charge in [0.05, 0.1) is 22.8 Å². The van der Waals surface area contributed by atoms with E-state index in [1.165, 1.54) is 0 Å². The first-order chi connectivity index (χ1) is 9.66. The maximum atomic E-state index is 12.0. The van der Waals surface area contributed by atoms with E-state index >= 15 is 0 Å². The van der Waals surface area contributed by atoms with Gasteiger partial charge in [-0.3, -0.25) is 14.8 Å². The van der Waals surface area contributed by atoms with Crippen LogP contribution in [0.3, 0.4) is 0 Å². The van der Waals surface area contributed by atoms with Crippen molar-refractivity contribution < 1.29 is 4.79 Å². The number of hydrogen-bond donors (Lipinski definition) is 2. The maximum absolute atomic E-state index is 12.0. The highest BCUT2D eigenvalue weighted by atomic mass is 35.5. The lowest BCUT2D eigenvalue weighted by atomic mass is 10.2. The second kappa shape index (κ2) is 6.47. The minimum absolute atomic E-state index is 0. The number of aromatic nitrogens is 2. The van der Waals surface area contributed by atoms with Gasteiger partial charge >= 0.3 is 0 Å². The Morgan fingerprint density at radius 1 is 1.57 bits per heavy atom. The molecule has 0 aliphatic carbocycles. The molecule has 2 aromatic rings. The van der Waals surface area contributed by atoms with E-state index in [0.29, 0.717) is 11.6 Å². The Labute approximate surface area is 133 Å². The van der Waals surface area contributed by atoms with Gasteiger partial charge in [0.2, 0.25) is 5.91 Å².